The normalized spacial score (nSPS) is 21.6. The molecule has 0 radical (unpaired) electrons. The zero-order chi connectivity index (χ0) is 21.6. The smallest absolute Gasteiger partial charge is 0.325 e. The van der Waals surface area contributed by atoms with Crippen LogP contribution in [-0.4, -0.2) is 36.1 Å². The van der Waals surface area contributed by atoms with Crippen LogP contribution in [0.5, 0.6) is 11.5 Å². The van der Waals surface area contributed by atoms with Gasteiger partial charge in [0.2, 0.25) is 12.7 Å². The second kappa shape index (κ2) is 7.46. The summed E-state index contributed by atoms with van der Waals surface area (Å²) in [5, 5.41) is 5.79. The lowest BCUT2D eigenvalue weighted by Gasteiger charge is -2.27. The first-order chi connectivity index (χ1) is 15.0. The van der Waals surface area contributed by atoms with Gasteiger partial charge in [0.05, 0.1) is 10.7 Å². The molecule has 4 amide bonds. The number of benzene rings is 2. The van der Waals surface area contributed by atoms with E-state index in [2.05, 4.69) is 10.6 Å². The van der Waals surface area contributed by atoms with Gasteiger partial charge in [0.1, 0.15) is 12.1 Å². The molecule has 5 rings (SSSR count). The van der Waals surface area contributed by atoms with Crippen molar-refractivity contribution >= 4 is 35.1 Å². The predicted molar refractivity (Wildman–Crippen MR) is 112 cm³/mol. The van der Waals surface area contributed by atoms with Gasteiger partial charge in [0.25, 0.3) is 5.91 Å². The Morgan fingerprint density at radius 1 is 1.16 bits per heavy atom. The molecule has 1 aliphatic carbocycles. The molecule has 9 heteroatoms. The number of nitrogens with one attached hydrogen (secondary N) is 2. The summed E-state index contributed by atoms with van der Waals surface area (Å²) < 4.78 is 10.6. The highest BCUT2D eigenvalue weighted by Crippen LogP contribution is 2.40. The lowest BCUT2D eigenvalue weighted by atomic mass is 9.84. The van der Waals surface area contributed by atoms with Crippen LogP contribution in [0, 0.1) is 0 Å². The van der Waals surface area contributed by atoms with Gasteiger partial charge >= 0.3 is 6.03 Å². The maximum absolute atomic E-state index is 13.4. The van der Waals surface area contributed by atoms with E-state index < -0.39 is 29.9 Å². The number of fused-ring (bicyclic) bond motifs is 3. The highest BCUT2D eigenvalue weighted by Gasteiger charge is 2.53. The first kappa shape index (κ1) is 19.7. The number of urea groups is 1. The maximum Gasteiger partial charge on any atom is 0.325 e. The number of hydrogen-bond acceptors (Lipinski definition) is 5. The van der Waals surface area contributed by atoms with Gasteiger partial charge in [-0.25, -0.2) is 4.79 Å². The van der Waals surface area contributed by atoms with Crippen LogP contribution >= 0.6 is 11.6 Å². The van der Waals surface area contributed by atoms with Crippen LogP contribution in [0.3, 0.4) is 0 Å². The van der Waals surface area contributed by atoms with E-state index in [1.165, 1.54) is 0 Å². The molecule has 1 saturated heterocycles. The fraction of sp³-hybridized carbons (Fsp3) is 0.318. The van der Waals surface area contributed by atoms with E-state index in [4.69, 9.17) is 21.1 Å². The predicted octanol–water partition coefficient (Wildman–Crippen LogP) is 3.18. The van der Waals surface area contributed by atoms with E-state index in [1.54, 1.807) is 12.1 Å². The largest absolute Gasteiger partial charge is 0.454 e. The molecule has 2 N–H and O–H groups in total. The molecule has 0 unspecified atom stereocenters. The van der Waals surface area contributed by atoms with Crippen molar-refractivity contribution in [3.05, 3.63) is 52.5 Å². The number of nitrogens with zero attached hydrogens (tertiary/aromatic N) is 1. The number of carbonyl (C=O) groups is 3. The number of hydrogen-bond donors (Lipinski definition) is 2. The summed E-state index contributed by atoms with van der Waals surface area (Å²) >= 11 is 6.21. The van der Waals surface area contributed by atoms with E-state index in [1.807, 2.05) is 24.3 Å². The SMILES string of the molecule is O=C(CN1C(=O)N[C@]2(CCCCc3ccccc32)C1=O)Nc1cc2c(cc1Cl)OCO2. The van der Waals surface area contributed by atoms with Crippen molar-refractivity contribution in [3.63, 3.8) is 0 Å². The Balaban J connectivity index is 1.37. The third-order valence-corrected chi connectivity index (χ3v) is 6.25. The Morgan fingerprint density at radius 3 is 2.77 bits per heavy atom. The minimum Gasteiger partial charge on any atom is -0.454 e. The second-order valence-corrected chi connectivity index (χ2v) is 8.23. The highest BCUT2D eigenvalue weighted by molar-refractivity contribution is 6.34. The third kappa shape index (κ3) is 3.27. The summed E-state index contributed by atoms with van der Waals surface area (Å²) in [4.78, 5) is 39.8. The summed E-state index contributed by atoms with van der Waals surface area (Å²) in [5.41, 5.74) is 1.05. The third-order valence-electron chi connectivity index (χ3n) is 5.94. The van der Waals surface area contributed by atoms with Gasteiger partial charge in [0, 0.05) is 12.1 Å². The van der Waals surface area contributed by atoms with Crippen LogP contribution < -0.4 is 20.1 Å². The van der Waals surface area contributed by atoms with Crippen molar-refractivity contribution in [3.8, 4) is 11.5 Å². The average Bonchev–Trinajstić information content (AvgIpc) is 3.22. The minimum atomic E-state index is -1.12. The first-order valence-electron chi connectivity index (χ1n) is 10.1. The summed E-state index contributed by atoms with van der Waals surface area (Å²) in [7, 11) is 0. The number of amides is 4. The van der Waals surface area contributed by atoms with Gasteiger partial charge in [-0.05, 0) is 36.8 Å². The van der Waals surface area contributed by atoms with Crippen LogP contribution in [0.1, 0.15) is 30.4 Å². The van der Waals surface area contributed by atoms with Crippen LogP contribution in [0.4, 0.5) is 10.5 Å². The molecular weight excluding hydrogens is 422 g/mol. The number of rotatable bonds is 3. The van der Waals surface area contributed by atoms with Crippen LogP contribution in [0.25, 0.3) is 0 Å². The number of anilines is 1. The number of imide groups is 1. The Bertz CT molecular complexity index is 1100. The van der Waals surface area contributed by atoms with Gasteiger partial charge in [-0.2, -0.15) is 0 Å². The lowest BCUT2D eigenvalue weighted by molar-refractivity contribution is -0.134. The fourth-order valence-corrected chi connectivity index (χ4v) is 4.66. The minimum absolute atomic E-state index is 0.0784. The van der Waals surface area contributed by atoms with E-state index in [-0.39, 0.29) is 11.8 Å². The zero-order valence-corrected chi connectivity index (χ0v) is 17.3. The van der Waals surface area contributed by atoms with E-state index >= 15 is 0 Å². The molecule has 160 valence electrons. The standard InChI is InChI=1S/C22H20ClN3O5/c23-15-9-17-18(31-12-30-17)10-16(15)24-19(27)11-26-20(28)22(25-21(26)29)8-4-3-6-13-5-1-2-7-14(13)22/h1-2,5,7,9-10H,3-4,6,8,11-12H2,(H,24,27)(H,25,29)/t22-/m0/s1. The van der Waals surface area contributed by atoms with Crippen molar-refractivity contribution < 1.29 is 23.9 Å². The molecule has 0 saturated carbocycles. The van der Waals surface area contributed by atoms with Crippen molar-refractivity contribution in [1.29, 1.82) is 0 Å². The van der Waals surface area contributed by atoms with Crippen LogP contribution in [0.2, 0.25) is 5.02 Å². The highest BCUT2D eigenvalue weighted by atomic mass is 35.5. The molecule has 2 heterocycles. The molecule has 2 aromatic carbocycles. The second-order valence-electron chi connectivity index (χ2n) is 7.82. The van der Waals surface area contributed by atoms with E-state index in [0.717, 1.165) is 35.3 Å². The summed E-state index contributed by atoms with van der Waals surface area (Å²) in [6.45, 7) is -0.339. The van der Waals surface area contributed by atoms with Crippen LogP contribution in [0.15, 0.2) is 36.4 Å². The molecule has 2 aliphatic heterocycles. The number of aryl methyl sites for hydroxylation is 1. The first-order valence-corrected chi connectivity index (χ1v) is 10.5. The van der Waals surface area contributed by atoms with E-state index in [9.17, 15) is 14.4 Å². The lowest BCUT2D eigenvalue weighted by Crippen LogP contribution is -2.44. The Kier molecular flexibility index (Phi) is 4.74. The van der Waals surface area contributed by atoms with E-state index in [0.29, 0.717) is 23.6 Å². The number of halogens is 1. The molecule has 3 aliphatic rings. The van der Waals surface area contributed by atoms with Crippen molar-refractivity contribution in [1.82, 2.24) is 10.2 Å². The van der Waals surface area contributed by atoms with Crippen LogP contribution in [-0.2, 0) is 21.5 Å². The molecular formula is C22H20ClN3O5. The molecule has 0 aromatic heterocycles. The maximum atomic E-state index is 13.4. The molecule has 0 bridgehead atoms. The summed E-state index contributed by atoms with van der Waals surface area (Å²) in [6, 6.07) is 10.2. The molecule has 1 atom stereocenters. The molecule has 8 nitrogen and oxygen atoms in total. The van der Waals surface area contributed by atoms with Gasteiger partial charge in [-0.15, -0.1) is 0 Å². The monoisotopic (exact) mass is 441 g/mol. The average molecular weight is 442 g/mol. The van der Waals surface area contributed by atoms with Crippen molar-refractivity contribution in [2.24, 2.45) is 0 Å². The molecule has 1 fully saturated rings. The van der Waals surface area contributed by atoms with Gasteiger partial charge < -0.3 is 20.1 Å². The molecule has 31 heavy (non-hydrogen) atoms. The number of carbonyl (C=O) groups excluding carboxylic acids is 3. The number of ether oxygens (including phenoxy) is 2. The summed E-state index contributed by atoms with van der Waals surface area (Å²) in [5.74, 6) is 0.0109. The van der Waals surface area contributed by atoms with Gasteiger partial charge in [0.15, 0.2) is 11.5 Å². The fourth-order valence-electron chi connectivity index (χ4n) is 4.46. The summed E-state index contributed by atoms with van der Waals surface area (Å²) in [6.07, 6.45) is 3.09. The molecule has 2 aromatic rings. The Morgan fingerprint density at radius 2 is 1.94 bits per heavy atom. The zero-order valence-electron chi connectivity index (χ0n) is 16.6. The van der Waals surface area contributed by atoms with Crippen molar-refractivity contribution in [2.45, 2.75) is 31.2 Å². The van der Waals surface area contributed by atoms with Crippen molar-refractivity contribution in [2.75, 3.05) is 18.7 Å². The Labute approximate surface area is 183 Å². The molecule has 1 spiro atoms. The van der Waals surface area contributed by atoms with Gasteiger partial charge in [-0.1, -0.05) is 35.9 Å². The Hall–Kier alpha value is -3.26. The quantitative estimate of drug-likeness (QED) is 0.713. The topological polar surface area (TPSA) is 97.0 Å². The van der Waals surface area contributed by atoms with Gasteiger partial charge in [-0.3, -0.25) is 14.5 Å².